The molecule has 1 aliphatic heterocycles. The Hall–Kier alpha value is -2.69. The zero-order valence-electron chi connectivity index (χ0n) is 15.2. The number of para-hydroxylation sites is 1. The maximum absolute atomic E-state index is 12.9. The average molecular weight is 362 g/mol. The number of fused-ring (bicyclic) bond motifs is 3. The molecule has 2 aromatic rings. The number of hydrogen-bond acceptors (Lipinski definition) is 4. The molecule has 2 heterocycles. The number of pyridine rings is 1. The summed E-state index contributed by atoms with van der Waals surface area (Å²) in [7, 11) is 0. The number of hydrogen-bond donors (Lipinski definition) is 1. The molecule has 1 N–H and O–H groups in total. The van der Waals surface area contributed by atoms with Gasteiger partial charge in [-0.05, 0) is 55.5 Å². The van der Waals surface area contributed by atoms with E-state index in [0.29, 0.717) is 23.7 Å². The summed E-state index contributed by atoms with van der Waals surface area (Å²) in [5.74, 6) is 1.29. The van der Waals surface area contributed by atoms with Gasteiger partial charge in [-0.15, -0.1) is 0 Å². The molecule has 1 aromatic carbocycles. The van der Waals surface area contributed by atoms with Crippen molar-refractivity contribution in [3.63, 3.8) is 0 Å². The van der Waals surface area contributed by atoms with Gasteiger partial charge in [0.2, 0.25) is 5.91 Å². The van der Waals surface area contributed by atoms with Gasteiger partial charge in [0, 0.05) is 24.2 Å². The van der Waals surface area contributed by atoms with E-state index in [2.05, 4.69) is 10.3 Å². The molecule has 5 rings (SSSR count). The Labute approximate surface area is 158 Å². The van der Waals surface area contributed by atoms with E-state index in [1.165, 1.54) is 0 Å². The van der Waals surface area contributed by atoms with Crippen LogP contribution in [0.5, 0.6) is 5.75 Å². The second kappa shape index (κ2) is 5.91. The summed E-state index contributed by atoms with van der Waals surface area (Å²) in [5, 5.41) is 3.13. The van der Waals surface area contributed by atoms with Crippen LogP contribution in [-0.4, -0.2) is 22.3 Å². The van der Waals surface area contributed by atoms with E-state index >= 15 is 0 Å². The van der Waals surface area contributed by atoms with Crippen LogP contribution in [0.4, 0.5) is 0 Å². The van der Waals surface area contributed by atoms with Gasteiger partial charge in [-0.3, -0.25) is 14.6 Å². The van der Waals surface area contributed by atoms with Crippen molar-refractivity contribution in [2.45, 2.75) is 37.8 Å². The molecule has 5 nitrogen and oxygen atoms in total. The molecule has 5 atom stereocenters. The van der Waals surface area contributed by atoms with Crippen molar-refractivity contribution in [3.05, 3.63) is 59.9 Å². The molecule has 3 aliphatic rings. The SMILES string of the molecule is C[C@H](NC(=O)[C@@H]1[C@@H]2CC[C@@]3(CC(=O)c4ccccc4O3)[C@@H]21)c1ccncc1. The van der Waals surface area contributed by atoms with Gasteiger partial charge in [0.1, 0.15) is 11.4 Å². The third-order valence-corrected chi connectivity index (χ3v) is 6.50. The number of ether oxygens (including phenoxy) is 1. The number of carbonyl (C=O) groups excluding carboxylic acids is 2. The molecule has 1 aromatic heterocycles. The fourth-order valence-corrected chi connectivity index (χ4v) is 5.16. The van der Waals surface area contributed by atoms with Crippen molar-refractivity contribution in [1.29, 1.82) is 0 Å². The molecular weight excluding hydrogens is 340 g/mol. The largest absolute Gasteiger partial charge is 0.486 e. The van der Waals surface area contributed by atoms with Gasteiger partial charge in [-0.1, -0.05) is 12.1 Å². The van der Waals surface area contributed by atoms with Gasteiger partial charge in [-0.25, -0.2) is 0 Å². The van der Waals surface area contributed by atoms with Crippen LogP contribution in [0.1, 0.15) is 48.1 Å². The van der Waals surface area contributed by atoms with E-state index < -0.39 is 5.60 Å². The molecule has 0 bridgehead atoms. The topological polar surface area (TPSA) is 68.3 Å². The molecule has 27 heavy (non-hydrogen) atoms. The van der Waals surface area contributed by atoms with Crippen molar-refractivity contribution in [2.75, 3.05) is 0 Å². The van der Waals surface area contributed by atoms with Gasteiger partial charge in [0.25, 0.3) is 0 Å². The highest BCUT2D eigenvalue weighted by Crippen LogP contribution is 2.65. The lowest BCUT2D eigenvalue weighted by Crippen LogP contribution is -2.44. The highest BCUT2D eigenvalue weighted by Gasteiger charge is 2.70. The van der Waals surface area contributed by atoms with Crippen molar-refractivity contribution in [2.24, 2.45) is 17.8 Å². The normalized spacial score (nSPS) is 31.6. The number of Topliss-reactive ketones (excluding diaryl/α,β-unsaturated/α-hetero) is 1. The zero-order chi connectivity index (χ0) is 18.6. The van der Waals surface area contributed by atoms with Gasteiger partial charge in [0.05, 0.1) is 18.0 Å². The molecule has 0 saturated heterocycles. The summed E-state index contributed by atoms with van der Waals surface area (Å²) in [6.07, 6.45) is 5.65. The summed E-state index contributed by atoms with van der Waals surface area (Å²) >= 11 is 0. The maximum atomic E-state index is 12.9. The first-order valence-corrected chi connectivity index (χ1v) is 9.61. The van der Waals surface area contributed by atoms with E-state index in [0.717, 1.165) is 18.4 Å². The number of carbonyl (C=O) groups is 2. The first-order valence-electron chi connectivity index (χ1n) is 9.61. The molecule has 2 aliphatic carbocycles. The number of nitrogens with zero attached hydrogens (tertiary/aromatic N) is 1. The van der Waals surface area contributed by atoms with E-state index in [4.69, 9.17) is 4.74 Å². The lowest BCUT2D eigenvalue weighted by atomic mass is 9.84. The summed E-state index contributed by atoms with van der Waals surface area (Å²) < 4.78 is 6.37. The minimum Gasteiger partial charge on any atom is -0.486 e. The molecule has 2 saturated carbocycles. The molecular formula is C22H22N2O3. The van der Waals surface area contributed by atoms with Gasteiger partial charge in [0.15, 0.2) is 5.78 Å². The zero-order valence-corrected chi connectivity index (χ0v) is 15.2. The highest BCUT2D eigenvalue weighted by molar-refractivity contribution is 6.00. The standard InChI is InChI=1S/C22H22N2O3/c1-13(14-7-10-23-11-8-14)24-21(26)19-16-6-9-22(20(16)19)12-17(25)15-4-2-3-5-18(15)27-22/h2-5,7-8,10-11,13,16,19-20H,6,9,12H2,1H3,(H,24,26)/t13-,16-,19+,20-,22+/m0/s1. The predicted molar refractivity (Wildman–Crippen MR) is 99.2 cm³/mol. The van der Waals surface area contributed by atoms with Crippen molar-refractivity contribution >= 4 is 11.7 Å². The molecule has 0 radical (unpaired) electrons. The number of nitrogens with one attached hydrogen (secondary N) is 1. The Kier molecular flexibility index (Phi) is 3.61. The molecule has 2 fully saturated rings. The van der Waals surface area contributed by atoms with Crippen LogP contribution in [0, 0.1) is 17.8 Å². The van der Waals surface area contributed by atoms with E-state index in [9.17, 15) is 9.59 Å². The van der Waals surface area contributed by atoms with Crippen LogP contribution in [0.3, 0.4) is 0 Å². The van der Waals surface area contributed by atoms with Crippen molar-refractivity contribution in [1.82, 2.24) is 10.3 Å². The molecule has 138 valence electrons. The van der Waals surface area contributed by atoms with Crippen LogP contribution in [0.15, 0.2) is 48.8 Å². The lowest BCUT2D eigenvalue weighted by Gasteiger charge is -2.37. The number of benzene rings is 1. The Morgan fingerprint density at radius 3 is 2.85 bits per heavy atom. The molecule has 1 spiro atoms. The summed E-state index contributed by atoms with van der Waals surface area (Å²) in [4.78, 5) is 29.6. The Morgan fingerprint density at radius 2 is 2.04 bits per heavy atom. The predicted octanol–water partition coefficient (Wildman–Crippen LogP) is 3.32. The third kappa shape index (κ3) is 2.56. The number of rotatable bonds is 3. The number of aromatic nitrogens is 1. The van der Waals surface area contributed by atoms with E-state index in [1.54, 1.807) is 12.4 Å². The average Bonchev–Trinajstić information content (AvgIpc) is 3.34. The monoisotopic (exact) mass is 362 g/mol. The summed E-state index contributed by atoms with van der Waals surface area (Å²) in [6, 6.07) is 11.2. The van der Waals surface area contributed by atoms with Crippen molar-refractivity contribution < 1.29 is 14.3 Å². The second-order valence-corrected chi connectivity index (χ2v) is 8.03. The third-order valence-electron chi connectivity index (χ3n) is 6.50. The first-order chi connectivity index (χ1) is 13.1. The minimum atomic E-state index is -0.502. The molecule has 5 heteroatoms. The summed E-state index contributed by atoms with van der Waals surface area (Å²) in [5.41, 5.74) is 1.20. The maximum Gasteiger partial charge on any atom is 0.224 e. The fraction of sp³-hybridized carbons (Fsp3) is 0.409. The Balaban J connectivity index is 1.33. The van der Waals surface area contributed by atoms with Crippen LogP contribution < -0.4 is 10.1 Å². The van der Waals surface area contributed by atoms with E-state index in [-0.39, 0.29) is 29.6 Å². The quantitative estimate of drug-likeness (QED) is 0.909. The van der Waals surface area contributed by atoms with Gasteiger partial charge < -0.3 is 10.1 Å². The van der Waals surface area contributed by atoms with E-state index in [1.807, 2.05) is 43.3 Å². The van der Waals surface area contributed by atoms with Crippen LogP contribution in [0.2, 0.25) is 0 Å². The van der Waals surface area contributed by atoms with Crippen LogP contribution in [-0.2, 0) is 4.79 Å². The van der Waals surface area contributed by atoms with Crippen LogP contribution >= 0.6 is 0 Å². The fourth-order valence-electron chi connectivity index (χ4n) is 5.16. The minimum absolute atomic E-state index is 0.0545. The van der Waals surface area contributed by atoms with Crippen molar-refractivity contribution in [3.8, 4) is 5.75 Å². The molecule has 0 unspecified atom stereocenters. The highest BCUT2D eigenvalue weighted by atomic mass is 16.5. The Bertz CT molecular complexity index is 913. The number of ketones is 1. The summed E-state index contributed by atoms with van der Waals surface area (Å²) in [6.45, 7) is 1.98. The smallest absolute Gasteiger partial charge is 0.224 e. The van der Waals surface area contributed by atoms with Crippen LogP contribution in [0.25, 0.3) is 0 Å². The Morgan fingerprint density at radius 1 is 1.26 bits per heavy atom. The molecule has 1 amide bonds. The lowest BCUT2D eigenvalue weighted by molar-refractivity contribution is -0.124. The second-order valence-electron chi connectivity index (χ2n) is 8.03. The van der Waals surface area contributed by atoms with Gasteiger partial charge >= 0.3 is 0 Å². The number of amides is 1. The van der Waals surface area contributed by atoms with Gasteiger partial charge in [-0.2, -0.15) is 0 Å². The first kappa shape index (κ1) is 16.5.